The Bertz CT molecular complexity index is 879. The number of nitrogens with one attached hydrogen (secondary N) is 1. The second-order valence-corrected chi connectivity index (χ2v) is 8.47. The number of nitriles is 1. The highest BCUT2D eigenvalue weighted by Gasteiger charge is 2.22. The molecule has 2 heterocycles. The number of pyridine rings is 2. The minimum absolute atomic E-state index is 0.153. The Hall–Kier alpha value is -2.10. The molecule has 1 atom stereocenters. The van der Waals surface area contributed by atoms with Crippen molar-refractivity contribution in [2.45, 2.75) is 62.1 Å². The second-order valence-electron chi connectivity index (χ2n) is 6.84. The summed E-state index contributed by atoms with van der Waals surface area (Å²) >= 11 is 7.20. The largest absolute Gasteiger partial charge is 0.310 e. The van der Waals surface area contributed by atoms with Gasteiger partial charge in [0.05, 0.1) is 15.8 Å². The van der Waals surface area contributed by atoms with Gasteiger partial charge in [-0.3, -0.25) is 4.79 Å². The SMILES string of the molecule is CCC(Sc1nc2c(cc1C#N)CCCCCC2)C(=O)Nc1ccc(Cl)cn1. The monoisotopic (exact) mass is 414 g/mol. The maximum Gasteiger partial charge on any atom is 0.239 e. The van der Waals surface area contributed by atoms with Crippen LogP contribution in [0.4, 0.5) is 5.82 Å². The van der Waals surface area contributed by atoms with E-state index in [2.05, 4.69) is 16.4 Å². The summed E-state index contributed by atoms with van der Waals surface area (Å²) in [5, 5.41) is 13.2. The first-order valence-corrected chi connectivity index (χ1v) is 10.9. The molecule has 2 aromatic rings. The third-order valence-corrected chi connectivity index (χ3v) is 6.37. The lowest BCUT2D eigenvalue weighted by Gasteiger charge is -2.18. The first-order valence-electron chi connectivity index (χ1n) is 9.62. The van der Waals surface area contributed by atoms with Gasteiger partial charge in [-0.1, -0.05) is 43.1 Å². The Balaban J connectivity index is 1.79. The van der Waals surface area contributed by atoms with Gasteiger partial charge in [-0.2, -0.15) is 5.26 Å². The normalized spacial score (nSPS) is 14.9. The van der Waals surface area contributed by atoms with E-state index in [9.17, 15) is 10.1 Å². The summed E-state index contributed by atoms with van der Waals surface area (Å²) in [7, 11) is 0. The predicted molar refractivity (Wildman–Crippen MR) is 113 cm³/mol. The number of aryl methyl sites for hydroxylation is 2. The number of fused-ring (bicyclic) bond motifs is 1. The number of hydrogen-bond donors (Lipinski definition) is 1. The van der Waals surface area contributed by atoms with Crippen molar-refractivity contribution < 1.29 is 4.79 Å². The fraction of sp³-hybridized carbons (Fsp3) is 0.429. The summed E-state index contributed by atoms with van der Waals surface area (Å²) in [6, 6.07) is 7.59. The maximum atomic E-state index is 12.7. The van der Waals surface area contributed by atoms with Gasteiger partial charge in [0, 0.05) is 11.9 Å². The molecule has 0 aliphatic heterocycles. The lowest BCUT2D eigenvalue weighted by molar-refractivity contribution is -0.115. The van der Waals surface area contributed by atoms with Crippen LogP contribution >= 0.6 is 23.4 Å². The molecule has 0 radical (unpaired) electrons. The van der Waals surface area contributed by atoms with Gasteiger partial charge in [-0.05, 0) is 55.9 Å². The number of carbonyl (C=O) groups excluding carboxylic acids is 1. The molecular formula is C21H23ClN4OS. The van der Waals surface area contributed by atoms with Crippen molar-refractivity contribution in [2.24, 2.45) is 0 Å². The Labute approximate surface area is 174 Å². The van der Waals surface area contributed by atoms with Crippen molar-refractivity contribution >= 4 is 35.1 Å². The molecular weight excluding hydrogens is 392 g/mol. The average Bonchev–Trinajstić information content (AvgIpc) is 2.68. The van der Waals surface area contributed by atoms with Crippen LogP contribution in [0.15, 0.2) is 29.4 Å². The zero-order valence-electron chi connectivity index (χ0n) is 15.9. The van der Waals surface area contributed by atoms with Gasteiger partial charge in [0.1, 0.15) is 16.9 Å². The summed E-state index contributed by atoms with van der Waals surface area (Å²) in [6.45, 7) is 1.95. The average molecular weight is 415 g/mol. The molecule has 1 N–H and O–H groups in total. The van der Waals surface area contributed by atoms with Crippen LogP contribution in [0.25, 0.3) is 0 Å². The van der Waals surface area contributed by atoms with E-state index in [1.807, 2.05) is 13.0 Å². The van der Waals surface area contributed by atoms with Gasteiger partial charge in [-0.15, -0.1) is 0 Å². The van der Waals surface area contributed by atoms with E-state index in [1.165, 1.54) is 36.4 Å². The molecule has 1 unspecified atom stereocenters. The third kappa shape index (κ3) is 5.24. The van der Waals surface area contributed by atoms with Crippen molar-refractivity contribution in [2.75, 3.05) is 5.32 Å². The van der Waals surface area contributed by atoms with Gasteiger partial charge in [-0.25, -0.2) is 9.97 Å². The molecule has 7 heteroatoms. The molecule has 0 saturated heterocycles. The van der Waals surface area contributed by atoms with Crippen molar-refractivity contribution in [3.05, 3.63) is 46.2 Å². The van der Waals surface area contributed by atoms with Crippen molar-refractivity contribution in [3.8, 4) is 6.07 Å². The van der Waals surface area contributed by atoms with E-state index in [4.69, 9.17) is 16.6 Å². The van der Waals surface area contributed by atoms with E-state index in [-0.39, 0.29) is 11.2 Å². The molecule has 28 heavy (non-hydrogen) atoms. The van der Waals surface area contributed by atoms with Crippen LogP contribution < -0.4 is 5.32 Å². The highest BCUT2D eigenvalue weighted by molar-refractivity contribution is 8.00. The van der Waals surface area contributed by atoms with Crippen LogP contribution in [0.3, 0.4) is 0 Å². The Morgan fingerprint density at radius 2 is 2.11 bits per heavy atom. The topological polar surface area (TPSA) is 78.7 Å². The van der Waals surface area contributed by atoms with Crippen LogP contribution in [0.1, 0.15) is 55.8 Å². The van der Waals surface area contributed by atoms with Crippen LogP contribution in [0.2, 0.25) is 5.02 Å². The van der Waals surface area contributed by atoms with Crippen molar-refractivity contribution in [1.82, 2.24) is 9.97 Å². The van der Waals surface area contributed by atoms with Gasteiger partial charge in [0.15, 0.2) is 0 Å². The third-order valence-electron chi connectivity index (χ3n) is 4.78. The fourth-order valence-corrected chi connectivity index (χ4v) is 4.36. The number of rotatable bonds is 5. The molecule has 0 fully saturated rings. The van der Waals surface area contributed by atoms with Crippen LogP contribution in [0, 0.1) is 11.3 Å². The lowest BCUT2D eigenvalue weighted by Crippen LogP contribution is -2.25. The molecule has 1 aliphatic rings. The highest BCUT2D eigenvalue weighted by atomic mass is 35.5. The molecule has 5 nitrogen and oxygen atoms in total. The molecule has 0 bridgehead atoms. The highest BCUT2D eigenvalue weighted by Crippen LogP contribution is 2.31. The number of carbonyl (C=O) groups is 1. The number of nitrogens with zero attached hydrogens (tertiary/aromatic N) is 3. The predicted octanol–water partition coefficient (Wildman–Crippen LogP) is 5.17. The number of halogens is 1. The molecule has 146 valence electrons. The number of amides is 1. The Kier molecular flexibility index (Phi) is 7.30. The van der Waals surface area contributed by atoms with E-state index < -0.39 is 0 Å². The standard InChI is InChI=1S/C21H23ClN4OS/c1-2-18(20(27)26-19-10-9-16(22)13-24-19)28-21-15(12-23)11-14-7-5-3-4-6-8-17(14)25-21/h9-11,13,18H,2-8H2,1H3,(H,24,26,27). The quantitative estimate of drug-likeness (QED) is 0.682. The van der Waals surface area contributed by atoms with Crippen LogP contribution in [0.5, 0.6) is 0 Å². The summed E-state index contributed by atoms with van der Waals surface area (Å²) in [5.74, 6) is 0.305. The van der Waals surface area contributed by atoms with Crippen LogP contribution in [-0.2, 0) is 17.6 Å². The number of thioether (sulfide) groups is 1. The van der Waals surface area contributed by atoms with E-state index in [0.717, 1.165) is 31.4 Å². The zero-order valence-corrected chi connectivity index (χ0v) is 17.4. The first kappa shape index (κ1) is 20.6. The van der Waals surface area contributed by atoms with Crippen LogP contribution in [-0.4, -0.2) is 21.1 Å². The fourth-order valence-electron chi connectivity index (χ4n) is 3.25. The van der Waals surface area contributed by atoms with E-state index >= 15 is 0 Å². The van der Waals surface area contributed by atoms with Crippen molar-refractivity contribution in [1.29, 1.82) is 5.26 Å². The summed E-state index contributed by atoms with van der Waals surface area (Å²) < 4.78 is 0. The van der Waals surface area contributed by atoms with Crippen molar-refractivity contribution in [3.63, 3.8) is 0 Å². The number of hydrogen-bond acceptors (Lipinski definition) is 5. The Morgan fingerprint density at radius 1 is 1.32 bits per heavy atom. The maximum absolute atomic E-state index is 12.7. The zero-order chi connectivity index (χ0) is 19.9. The molecule has 0 saturated carbocycles. The second kappa shape index (κ2) is 9.90. The lowest BCUT2D eigenvalue weighted by atomic mass is 9.96. The number of anilines is 1. The molecule has 2 aromatic heterocycles. The van der Waals surface area contributed by atoms with Gasteiger partial charge < -0.3 is 5.32 Å². The van der Waals surface area contributed by atoms with Gasteiger partial charge >= 0.3 is 0 Å². The number of aromatic nitrogens is 2. The molecule has 1 aliphatic carbocycles. The smallest absolute Gasteiger partial charge is 0.239 e. The van der Waals surface area contributed by atoms with Gasteiger partial charge in [0.2, 0.25) is 5.91 Å². The summed E-state index contributed by atoms with van der Waals surface area (Å²) in [5.41, 5.74) is 2.82. The van der Waals surface area contributed by atoms with E-state index in [0.29, 0.717) is 27.9 Å². The molecule has 3 rings (SSSR count). The molecule has 1 amide bonds. The first-order chi connectivity index (χ1) is 13.6. The summed E-state index contributed by atoms with van der Waals surface area (Å²) in [6.07, 6.45) is 8.74. The van der Waals surface area contributed by atoms with Gasteiger partial charge in [0.25, 0.3) is 0 Å². The van der Waals surface area contributed by atoms with E-state index in [1.54, 1.807) is 12.1 Å². The summed E-state index contributed by atoms with van der Waals surface area (Å²) in [4.78, 5) is 21.6. The molecule has 0 aromatic carbocycles. The molecule has 0 spiro atoms. The Morgan fingerprint density at radius 3 is 2.79 bits per heavy atom. The minimum atomic E-state index is -0.358. The minimum Gasteiger partial charge on any atom is -0.310 e.